The molecule has 0 bridgehead atoms. The standard InChI is InChI=1S/C18H27N3O2.2ClH/c22-18(17-7-3-4-8-19-17)20-13-15-5-1-2-6-16(15)14-21-9-11-23-12-10-21;;/h1-2,5-6,17,19H,3-4,7-14H2,(H,20,22);2*1H. The number of piperidine rings is 1. The number of carbonyl (C=O) groups is 1. The zero-order valence-electron chi connectivity index (χ0n) is 14.5. The van der Waals surface area contributed by atoms with Crippen molar-refractivity contribution in [3.05, 3.63) is 35.4 Å². The number of ether oxygens (including phenoxy) is 1. The van der Waals surface area contributed by atoms with E-state index in [1.807, 2.05) is 6.07 Å². The Morgan fingerprint density at radius 3 is 2.56 bits per heavy atom. The summed E-state index contributed by atoms with van der Waals surface area (Å²) in [6.45, 7) is 6.07. The summed E-state index contributed by atoms with van der Waals surface area (Å²) in [4.78, 5) is 14.7. The minimum Gasteiger partial charge on any atom is -0.379 e. The minimum absolute atomic E-state index is 0. The van der Waals surface area contributed by atoms with Crippen molar-refractivity contribution in [3.8, 4) is 0 Å². The highest BCUT2D eigenvalue weighted by Crippen LogP contribution is 2.13. The zero-order valence-corrected chi connectivity index (χ0v) is 16.2. The van der Waals surface area contributed by atoms with Crippen LogP contribution in [0.2, 0.25) is 0 Å². The summed E-state index contributed by atoms with van der Waals surface area (Å²) in [5.74, 6) is 0.130. The van der Waals surface area contributed by atoms with Gasteiger partial charge in [-0.05, 0) is 30.5 Å². The maximum absolute atomic E-state index is 12.3. The molecule has 0 radical (unpaired) electrons. The van der Waals surface area contributed by atoms with Crippen LogP contribution in [0.25, 0.3) is 0 Å². The van der Waals surface area contributed by atoms with Gasteiger partial charge in [0.15, 0.2) is 0 Å². The summed E-state index contributed by atoms with van der Waals surface area (Å²) in [6, 6.07) is 8.38. The quantitative estimate of drug-likeness (QED) is 0.809. The average molecular weight is 390 g/mol. The van der Waals surface area contributed by atoms with Gasteiger partial charge in [0, 0.05) is 26.2 Å². The summed E-state index contributed by atoms with van der Waals surface area (Å²) in [7, 11) is 0. The Labute approximate surface area is 162 Å². The fraction of sp³-hybridized carbons (Fsp3) is 0.611. The first-order chi connectivity index (χ1) is 11.3. The third-order valence-corrected chi connectivity index (χ3v) is 4.70. The van der Waals surface area contributed by atoms with E-state index in [-0.39, 0.29) is 36.8 Å². The molecular weight excluding hydrogens is 361 g/mol. The second-order valence-corrected chi connectivity index (χ2v) is 6.38. The van der Waals surface area contributed by atoms with E-state index in [0.29, 0.717) is 6.54 Å². The second-order valence-electron chi connectivity index (χ2n) is 6.38. The van der Waals surface area contributed by atoms with E-state index in [1.165, 1.54) is 17.5 Å². The van der Waals surface area contributed by atoms with Gasteiger partial charge in [0.25, 0.3) is 0 Å². The van der Waals surface area contributed by atoms with Crippen LogP contribution in [0.1, 0.15) is 30.4 Å². The van der Waals surface area contributed by atoms with Gasteiger partial charge < -0.3 is 15.4 Å². The summed E-state index contributed by atoms with van der Waals surface area (Å²) >= 11 is 0. The molecule has 2 heterocycles. The predicted molar refractivity (Wildman–Crippen MR) is 105 cm³/mol. The molecule has 1 unspecified atom stereocenters. The number of rotatable bonds is 5. The first kappa shape index (κ1) is 22.2. The fourth-order valence-electron chi connectivity index (χ4n) is 3.27. The van der Waals surface area contributed by atoms with Crippen LogP contribution in [0.3, 0.4) is 0 Å². The lowest BCUT2D eigenvalue weighted by atomic mass is 10.0. The normalized spacial score (nSPS) is 20.9. The van der Waals surface area contributed by atoms with Gasteiger partial charge in [-0.3, -0.25) is 9.69 Å². The molecule has 2 saturated heterocycles. The molecule has 142 valence electrons. The van der Waals surface area contributed by atoms with Gasteiger partial charge in [-0.15, -0.1) is 24.8 Å². The largest absolute Gasteiger partial charge is 0.379 e. The number of halogens is 2. The van der Waals surface area contributed by atoms with E-state index in [9.17, 15) is 4.79 Å². The molecule has 1 aromatic carbocycles. The third-order valence-electron chi connectivity index (χ3n) is 4.70. The number of nitrogens with one attached hydrogen (secondary N) is 2. The number of hydrogen-bond acceptors (Lipinski definition) is 4. The van der Waals surface area contributed by atoms with Crippen LogP contribution in [-0.2, 0) is 22.6 Å². The van der Waals surface area contributed by atoms with Crippen LogP contribution in [0, 0.1) is 0 Å². The van der Waals surface area contributed by atoms with Gasteiger partial charge in [0.2, 0.25) is 5.91 Å². The predicted octanol–water partition coefficient (Wildman–Crippen LogP) is 2.12. The molecule has 2 aliphatic rings. The maximum Gasteiger partial charge on any atom is 0.237 e. The van der Waals surface area contributed by atoms with E-state index >= 15 is 0 Å². The maximum atomic E-state index is 12.3. The Morgan fingerprint density at radius 2 is 1.88 bits per heavy atom. The van der Waals surface area contributed by atoms with E-state index in [4.69, 9.17) is 4.74 Å². The zero-order chi connectivity index (χ0) is 15.9. The fourth-order valence-corrected chi connectivity index (χ4v) is 3.27. The number of morpholine rings is 1. The van der Waals surface area contributed by atoms with Crippen molar-refractivity contribution in [1.82, 2.24) is 15.5 Å². The highest BCUT2D eigenvalue weighted by molar-refractivity contribution is 5.85. The van der Waals surface area contributed by atoms with Gasteiger partial charge in [-0.2, -0.15) is 0 Å². The molecule has 0 spiro atoms. The lowest BCUT2D eigenvalue weighted by molar-refractivity contribution is -0.123. The van der Waals surface area contributed by atoms with Crippen LogP contribution in [0.15, 0.2) is 24.3 Å². The molecule has 25 heavy (non-hydrogen) atoms. The highest BCUT2D eigenvalue weighted by Gasteiger charge is 2.20. The molecular formula is C18H29Cl2N3O2. The molecule has 0 saturated carbocycles. The monoisotopic (exact) mass is 389 g/mol. The number of nitrogens with zero attached hydrogens (tertiary/aromatic N) is 1. The summed E-state index contributed by atoms with van der Waals surface area (Å²) < 4.78 is 5.41. The van der Waals surface area contributed by atoms with Gasteiger partial charge in [-0.1, -0.05) is 30.7 Å². The smallest absolute Gasteiger partial charge is 0.237 e. The molecule has 0 aliphatic carbocycles. The van der Waals surface area contributed by atoms with Crippen molar-refractivity contribution in [1.29, 1.82) is 0 Å². The van der Waals surface area contributed by atoms with Crippen molar-refractivity contribution in [2.75, 3.05) is 32.8 Å². The molecule has 1 atom stereocenters. The van der Waals surface area contributed by atoms with Crippen LogP contribution >= 0.6 is 24.8 Å². The molecule has 2 N–H and O–H groups in total. The molecule has 0 aromatic heterocycles. The van der Waals surface area contributed by atoms with E-state index in [1.54, 1.807) is 0 Å². The molecule has 7 heteroatoms. The summed E-state index contributed by atoms with van der Waals surface area (Å²) in [6.07, 6.45) is 3.26. The van der Waals surface area contributed by atoms with Crippen molar-refractivity contribution in [2.45, 2.75) is 38.4 Å². The van der Waals surface area contributed by atoms with Crippen molar-refractivity contribution in [2.24, 2.45) is 0 Å². The number of amides is 1. The third kappa shape index (κ3) is 6.76. The van der Waals surface area contributed by atoms with E-state index < -0.39 is 0 Å². The van der Waals surface area contributed by atoms with Crippen LogP contribution in [0.5, 0.6) is 0 Å². The Bertz CT molecular complexity index is 519. The number of hydrogen-bond donors (Lipinski definition) is 2. The molecule has 1 amide bonds. The van der Waals surface area contributed by atoms with E-state index in [0.717, 1.165) is 52.2 Å². The Hall–Kier alpha value is -0.850. The van der Waals surface area contributed by atoms with Gasteiger partial charge in [0.05, 0.1) is 19.3 Å². The topological polar surface area (TPSA) is 53.6 Å². The van der Waals surface area contributed by atoms with Crippen molar-refractivity contribution >= 4 is 30.7 Å². The lowest BCUT2D eigenvalue weighted by Crippen LogP contribution is -2.46. The first-order valence-corrected chi connectivity index (χ1v) is 8.71. The number of benzene rings is 1. The molecule has 2 aliphatic heterocycles. The molecule has 1 aromatic rings. The Kier molecular flexibility index (Phi) is 10.4. The Balaban J connectivity index is 0.00000156. The van der Waals surface area contributed by atoms with Crippen LogP contribution < -0.4 is 10.6 Å². The molecule has 3 rings (SSSR count). The molecule has 2 fully saturated rings. The van der Waals surface area contributed by atoms with Crippen LogP contribution in [-0.4, -0.2) is 49.7 Å². The molecule has 5 nitrogen and oxygen atoms in total. The first-order valence-electron chi connectivity index (χ1n) is 8.71. The SMILES string of the molecule is Cl.Cl.O=C(NCc1ccccc1CN1CCOCC1)C1CCCCN1. The Morgan fingerprint density at radius 1 is 1.16 bits per heavy atom. The van der Waals surface area contributed by atoms with Crippen LogP contribution in [0.4, 0.5) is 0 Å². The average Bonchev–Trinajstić information content (AvgIpc) is 2.62. The van der Waals surface area contributed by atoms with E-state index in [2.05, 4.69) is 33.7 Å². The summed E-state index contributed by atoms with van der Waals surface area (Å²) in [5.41, 5.74) is 2.51. The van der Waals surface area contributed by atoms with Gasteiger partial charge >= 0.3 is 0 Å². The van der Waals surface area contributed by atoms with Gasteiger partial charge in [0.1, 0.15) is 0 Å². The minimum atomic E-state index is -0.0184. The second kappa shape index (κ2) is 11.7. The van der Waals surface area contributed by atoms with Crippen molar-refractivity contribution < 1.29 is 9.53 Å². The highest BCUT2D eigenvalue weighted by atomic mass is 35.5. The van der Waals surface area contributed by atoms with Gasteiger partial charge in [-0.25, -0.2) is 0 Å². The van der Waals surface area contributed by atoms with Crippen molar-refractivity contribution in [3.63, 3.8) is 0 Å². The number of carbonyl (C=O) groups excluding carboxylic acids is 1. The lowest BCUT2D eigenvalue weighted by Gasteiger charge is -2.27. The summed E-state index contributed by atoms with van der Waals surface area (Å²) in [5, 5.41) is 6.40.